The van der Waals surface area contributed by atoms with E-state index in [1.165, 1.54) is 0 Å². The van der Waals surface area contributed by atoms with Crippen molar-refractivity contribution in [3.8, 4) is 12.3 Å². The van der Waals surface area contributed by atoms with Gasteiger partial charge in [0.25, 0.3) is 12.0 Å². The van der Waals surface area contributed by atoms with Gasteiger partial charge in [-0.1, -0.05) is 0 Å². The van der Waals surface area contributed by atoms with Crippen LogP contribution in [0.1, 0.15) is 12.8 Å². The molecule has 0 amide bonds. The van der Waals surface area contributed by atoms with Crippen LogP contribution < -0.4 is 5.32 Å². The first kappa shape index (κ1) is 7.56. The summed E-state index contributed by atoms with van der Waals surface area (Å²) >= 11 is 0. The largest absolute Gasteiger partial charge is 0.288 e. The van der Waals surface area contributed by atoms with Gasteiger partial charge < -0.3 is 0 Å². The number of nitriles is 2. The Morgan fingerprint density at radius 2 is 2.18 bits per heavy atom. The fraction of sp³-hybridized carbons (Fsp3) is 0.571. The number of hydrogen-bond donors (Lipinski definition) is 1. The van der Waals surface area contributed by atoms with Crippen molar-refractivity contribution in [2.45, 2.75) is 12.8 Å². The van der Waals surface area contributed by atoms with Crippen molar-refractivity contribution in [2.24, 2.45) is 0 Å². The summed E-state index contributed by atoms with van der Waals surface area (Å²) in [6.45, 7) is 1.93. The molecule has 0 saturated carbocycles. The minimum atomic E-state index is 0.299. The van der Waals surface area contributed by atoms with Crippen LogP contribution in [0, 0.1) is 22.8 Å². The molecule has 0 atom stereocenters. The molecule has 0 aromatic rings. The van der Waals surface area contributed by atoms with E-state index in [2.05, 4.69) is 5.32 Å². The van der Waals surface area contributed by atoms with Crippen molar-refractivity contribution >= 4 is 5.84 Å². The topological polar surface area (TPSA) is 62.6 Å². The van der Waals surface area contributed by atoms with Crippen LogP contribution in [0.15, 0.2) is 0 Å². The maximum Gasteiger partial charge on any atom is 0.288 e. The van der Waals surface area contributed by atoms with Gasteiger partial charge in [-0.3, -0.25) is 4.58 Å². The predicted octanol–water partition coefficient (Wildman–Crippen LogP) is -0.215. The summed E-state index contributed by atoms with van der Waals surface area (Å²) in [7, 11) is 0. The van der Waals surface area contributed by atoms with Gasteiger partial charge in [-0.15, -0.1) is 5.26 Å². The molecular formula is C7H9N4+. The first-order valence-corrected chi connectivity index (χ1v) is 3.51. The van der Waals surface area contributed by atoms with Crippen LogP contribution >= 0.6 is 0 Å². The van der Waals surface area contributed by atoms with E-state index in [1.807, 2.05) is 16.8 Å². The maximum atomic E-state index is 8.38. The smallest absolute Gasteiger partial charge is 0.264 e. The summed E-state index contributed by atoms with van der Waals surface area (Å²) < 4.78 is 2.01. The standard InChI is InChI=1S/C7H8N4/c8-3-2-7(10-6-9)11-4-1-5-11/h1-2,4-5H2/p+1. The summed E-state index contributed by atoms with van der Waals surface area (Å²) in [6.07, 6.45) is 3.28. The first-order valence-electron chi connectivity index (χ1n) is 3.51. The highest BCUT2D eigenvalue weighted by Crippen LogP contribution is 1.99. The van der Waals surface area contributed by atoms with Crippen LogP contribution in [-0.2, 0) is 0 Å². The average molecular weight is 149 g/mol. The van der Waals surface area contributed by atoms with Gasteiger partial charge in [-0.05, 0) is 0 Å². The molecule has 0 spiro atoms. The summed E-state index contributed by atoms with van der Waals surface area (Å²) in [5.41, 5.74) is 0. The van der Waals surface area contributed by atoms with E-state index >= 15 is 0 Å². The third kappa shape index (κ3) is 1.68. The molecule has 0 aromatic carbocycles. The molecule has 0 unspecified atom stereocenters. The SMILES string of the molecule is N#CCC(NC#N)=[N+]1CCC1. The second-order valence-corrected chi connectivity index (χ2v) is 2.36. The molecule has 0 aromatic heterocycles. The molecule has 1 heterocycles. The van der Waals surface area contributed by atoms with Crippen LogP contribution in [0.4, 0.5) is 0 Å². The molecule has 4 heteroatoms. The van der Waals surface area contributed by atoms with Crippen molar-refractivity contribution in [1.29, 1.82) is 10.5 Å². The summed E-state index contributed by atoms with van der Waals surface area (Å²) in [5, 5.41) is 19.2. The van der Waals surface area contributed by atoms with E-state index in [0.717, 1.165) is 25.3 Å². The first-order chi connectivity index (χ1) is 5.38. The Hall–Kier alpha value is -1.55. The normalized spacial score (nSPS) is 14.2. The van der Waals surface area contributed by atoms with Crippen LogP contribution in [0.3, 0.4) is 0 Å². The average Bonchev–Trinajstić information content (AvgIpc) is 1.85. The van der Waals surface area contributed by atoms with Crippen LogP contribution in [0.5, 0.6) is 0 Å². The van der Waals surface area contributed by atoms with E-state index in [1.54, 1.807) is 0 Å². The van der Waals surface area contributed by atoms with Crippen molar-refractivity contribution < 1.29 is 4.58 Å². The molecule has 11 heavy (non-hydrogen) atoms. The number of amidine groups is 1. The molecule has 0 radical (unpaired) electrons. The minimum Gasteiger partial charge on any atom is -0.264 e. The van der Waals surface area contributed by atoms with Gasteiger partial charge in [-0.2, -0.15) is 10.6 Å². The lowest BCUT2D eigenvalue weighted by Gasteiger charge is -2.16. The van der Waals surface area contributed by atoms with Gasteiger partial charge in [-0.25, -0.2) is 0 Å². The monoisotopic (exact) mass is 149 g/mol. The zero-order valence-electron chi connectivity index (χ0n) is 6.17. The third-order valence-corrected chi connectivity index (χ3v) is 1.68. The van der Waals surface area contributed by atoms with Gasteiger partial charge in [0.15, 0.2) is 0 Å². The Balaban J connectivity index is 2.60. The summed E-state index contributed by atoms with van der Waals surface area (Å²) in [6, 6.07) is 2.01. The zero-order valence-corrected chi connectivity index (χ0v) is 6.17. The molecular weight excluding hydrogens is 140 g/mol. The van der Waals surface area contributed by atoms with E-state index in [4.69, 9.17) is 10.5 Å². The Bertz CT molecular complexity index is 229. The molecule has 1 fully saturated rings. The van der Waals surface area contributed by atoms with Crippen LogP contribution in [0.25, 0.3) is 0 Å². The second-order valence-electron chi connectivity index (χ2n) is 2.36. The molecule has 1 rings (SSSR count). The summed E-state index contributed by atoms with van der Waals surface area (Å²) in [5.74, 6) is 0.737. The highest BCUT2D eigenvalue weighted by Gasteiger charge is 2.18. The number of nitrogens with zero attached hydrogens (tertiary/aromatic N) is 3. The lowest BCUT2D eigenvalue weighted by molar-refractivity contribution is -0.585. The van der Waals surface area contributed by atoms with Gasteiger partial charge in [0.1, 0.15) is 6.42 Å². The van der Waals surface area contributed by atoms with Gasteiger partial charge >= 0.3 is 0 Å². The van der Waals surface area contributed by atoms with E-state index in [0.29, 0.717) is 6.42 Å². The molecule has 0 bridgehead atoms. The minimum absolute atomic E-state index is 0.299. The van der Waals surface area contributed by atoms with Crippen molar-refractivity contribution in [3.63, 3.8) is 0 Å². The fourth-order valence-electron chi connectivity index (χ4n) is 0.961. The molecule has 1 aliphatic heterocycles. The molecule has 56 valence electrons. The highest BCUT2D eigenvalue weighted by atomic mass is 15.1. The fourth-order valence-corrected chi connectivity index (χ4v) is 0.961. The van der Waals surface area contributed by atoms with Crippen LogP contribution in [-0.4, -0.2) is 23.5 Å². The Morgan fingerprint density at radius 3 is 2.55 bits per heavy atom. The van der Waals surface area contributed by atoms with Gasteiger partial charge in [0.05, 0.1) is 19.2 Å². The van der Waals surface area contributed by atoms with Gasteiger partial charge in [0, 0.05) is 6.42 Å². The highest BCUT2D eigenvalue weighted by molar-refractivity contribution is 5.80. The molecule has 4 nitrogen and oxygen atoms in total. The molecule has 1 saturated heterocycles. The van der Waals surface area contributed by atoms with E-state index in [-0.39, 0.29) is 0 Å². The third-order valence-electron chi connectivity index (χ3n) is 1.68. The lowest BCUT2D eigenvalue weighted by Crippen LogP contribution is -2.39. The van der Waals surface area contributed by atoms with E-state index < -0.39 is 0 Å². The quantitative estimate of drug-likeness (QED) is 0.243. The summed E-state index contributed by atoms with van der Waals surface area (Å²) in [4.78, 5) is 0. The Labute approximate surface area is 65.4 Å². The second kappa shape index (κ2) is 3.58. The predicted molar refractivity (Wildman–Crippen MR) is 38.6 cm³/mol. The maximum absolute atomic E-state index is 8.38. The molecule has 1 N–H and O–H groups in total. The number of hydrogen-bond acceptors (Lipinski definition) is 2. The van der Waals surface area contributed by atoms with Crippen molar-refractivity contribution in [3.05, 3.63) is 0 Å². The van der Waals surface area contributed by atoms with Crippen LogP contribution in [0.2, 0.25) is 0 Å². The van der Waals surface area contributed by atoms with Crippen molar-refractivity contribution in [1.82, 2.24) is 5.32 Å². The zero-order chi connectivity index (χ0) is 8.10. The number of nitrogens with one attached hydrogen (secondary N) is 1. The van der Waals surface area contributed by atoms with Crippen molar-refractivity contribution in [2.75, 3.05) is 13.1 Å². The Morgan fingerprint density at radius 1 is 1.45 bits per heavy atom. The molecule has 0 aliphatic carbocycles. The number of rotatable bonds is 1. The Kier molecular flexibility index (Phi) is 2.46. The van der Waals surface area contributed by atoms with Gasteiger partial charge in [0.2, 0.25) is 0 Å². The lowest BCUT2D eigenvalue weighted by atomic mass is 10.2. The molecule has 1 aliphatic rings. The van der Waals surface area contributed by atoms with E-state index in [9.17, 15) is 0 Å².